The Labute approximate surface area is 101 Å². The van der Waals surface area contributed by atoms with Crippen molar-refractivity contribution in [1.82, 2.24) is 10.0 Å². The Balaban J connectivity index is 2.22. The molecule has 0 saturated carbocycles. The smallest absolute Gasteiger partial charge is 0.240 e. The van der Waals surface area contributed by atoms with Gasteiger partial charge in [0.1, 0.15) is 0 Å². The van der Waals surface area contributed by atoms with Crippen LogP contribution in [0.25, 0.3) is 0 Å². The van der Waals surface area contributed by atoms with Gasteiger partial charge in [-0.05, 0) is 31.2 Å². The lowest BCUT2D eigenvalue weighted by atomic mass is 10.2. The highest BCUT2D eigenvalue weighted by Gasteiger charge is 2.22. The normalized spacial score (nSPS) is 20.1. The van der Waals surface area contributed by atoms with Gasteiger partial charge in [0.25, 0.3) is 0 Å². The van der Waals surface area contributed by atoms with Crippen LogP contribution >= 0.6 is 0 Å². The van der Waals surface area contributed by atoms with Crippen LogP contribution in [0.1, 0.15) is 12.0 Å². The highest BCUT2D eigenvalue weighted by Crippen LogP contribution is 2.12. The number of rotatable bonds is 3. The molecule has 17 heavy (non-hydrogen) atoms. The second-order valence-corrected chi connectivity index (χ2v) is 5.66. The molecule has 0 aliphatic carbocycles. The van der Waals surface area contributed by atoms with Crippen LogP contribution in [-0.4, -0.2) is 27.5 Å². The predicted octanol–water partition coefficient (Wildman–Crippen LogP) is 0.198. The molecule has 0 bridgehead atoms. The van der Waals surface area contributed by atoms with E-state index in [2.05, 4.69) is 10.0 Å². The van der Waals surface area contributed by atoms with Crippen LogP contribution in [-0.2, 0) is 10.0 Å². The van der Waals surface area contributed by atoms with Crippen molar-refractivity contribution in [3.8, 4) is 6.07 Å². The molecule has 1 heterocycles. The van der Waals surface area contributed by atoms with Gasteiger partial charge in [-0.3, -0.25) is 0 Å². The Morgan fingerprint density at radius 2 is 2.29 bits per heavy atom. The third-order valence-corrected chi connectivity index (χ3v) is 4.17. The van der Waals surface area contributed by atoms with E-state index < -0.39 is 10.0 Å². The fraction of sp³-hybridized carbons (Fsp3) is 0.364. The van der Waals surface area contributed by atoms with Gasteiger partial charge in [-0.25, -0.2) is 13.1 Å². The maximum Gasteiger partial charge on any atom is 0.240 e. The molecule has 0 amide bonds. The molecule has 6 heteroatoms. The number of hydrogen-bond acceptors (Lipinski definition) is 4. The predicted molar refractivity (Wildman–Crippen MR) is 62.8 cm³/mol. The zero-order valence-corrected chi connectivity index (χ0v) is 10.00. The summed E-state index contributed by atoms with van der Waals surface area (Å²) in [5, 5.41) is 11.8. The molecule has 0 unspecified atom stereocenters. The largest absolute Gasteiger partial charge is 0.315 e. The molecule has 0 spiro atoms. The van der Waals surface area contributed by atoms with Crippen molar-refractivity contribution in [3.05, 3.63) is 29.8 Å². The lowest BCUT2D eigenvalue weighted by molar-refractivity contribution is 0.560. The minimum absolute atomic E-state index is 0.0641. The Hall–Kier alpha value is -1.42. The van der Waals surface area contributed by atoms with E-state index in [0.29, 0.717) is 12.1 Å². The zero-order valence-electron chi connectivity index (χ0n) is 9.18. The van der Waals surface area contributed by atoms with E-state index >= 15 is 0 Å². The molecule has 1 fully saturated rings. The van der Waals surface area contributed by atoms with Crippen molar-refractivity contribution in [2.24, 2.45) is 0 Å². The van der Waals surface area contributed by atoms with Gasteiger partial charge in [-0.15, -0.1) is 0 Å². The average molecular weight is 251 g/mol. The van der Waals surface area contributed by atoms with Crippen LogP contribution in [0.5, 0.6) is 0 Å². The van der Waals surface area contributed by atoms with Gasteiger partial charge < -0.3 is 5.32 Å². The molecule has 2 N–H and O–H groups in total. The van der Waals surface area contributed by atoms with E-state index in [1.807, 2.05) is 6.07 Å². The van der Waals surface area contributed by atoms with Crippen LogP contribution in [0.4, 0.5) is 0 Å². The Morgan fingerprint density at radius 3 is 2.94 bits per heavy atom. The fourth-order valence-electron chi connectivity index (χ4n) is 1.78. The fourth-order valence-corrected chi connectivity index (χ4v) is 3.09. The highest BCUT2D eigenvalue weighted by molar-refractivity contribution is 7.89. The minimum atomic E-state index is -3.52. The van der Waals surface area contributed by atoms with E-state index in [-0.39, 0.29) is 10.9 Å². The Bertz CT molecular complexity index is 542. The molecule has 0 radical (unpaired) electrons. The van der Waals surface area contributed by atoms with Crippen molar-refractivity contribution in [2.45, 2.75) is 17.4 Å². The summed E-state index contributed by atoms with van der Waals surface area (Å²) in [5.74, 6) is 0. The molecule has 1 aromatic rings. The van der Waals surface area contributed by atoms with Gasteiger partial charge in [-0.1, -0.05) is 6.07 Å². The first-order valence-corrected chi connectivity index (χ1v) is 6.83. The maximum atomic E-state index is 12.0. The summed E-state index contributed by atoms with van der Waals surface area (Å²) in [5.41, 5.74) is 0.345. The second-order valence-electron chi connectivity index (χ2n) is 3.95. The van der Waals surface area contributed by atoms with Crippen molar-refractivity contribution in [2.75, 3.05) is 13.1 Å². The topological polar surface area (TPSA) is 82.0 Å². The molecule has 5 nitrogen and oxygen atoms in total. The van der Waals surface area contributed by atoms with Gasteiger partial charge in [-0.2, -0.15) is 5.26 Å². The molecule has 2 rings (SSSR count). The van der Waals surface area contributed by atoms with Gasteiger partial charge >= 0.3 is 0 Å². The van der Waals surface area contributed by atoms with Crippen LogP contribution in [0.2, 0.25) is 0 Å². The second kappa shape index (κ2) is 4.84. The van der Waals surface area contributed by atoms with Gasteiger partial charge in [0, 0.05) is 12.6 Å². The Morgan fingerprint density at radius 1 is 1.47 bits per heavy atom. The molecule has 90 valence electrons. The van der Waals surface area contributed by atoms with Crippen LogP contribution < -0.4 is 10.0 Å². The summed E-state index contributed by atoms with van der Waals surface area (Å²) < 4.78 is 26.6. The first kappa shape index (κ1) is 12.0. The monoisotopic (exact) mass is 251 g/mol. The van der Waals surface area contributed by atoms with Gasteiger partial charge in [0.05, 0.1) is 16.5 Å². The zero-order chi connectivity index (χ0) is 12.3. The lowest BCUT2D eigenvalue weighted by Crippen LogP contribution is -2.36. The Kier molecular flexibility index (Phi) is 3.43. The number of nitriles is 1. The quantitative estimate of drug-likeness (QED) is 0.804. The molecular weight excluding hydrogens is 238 g/mol. The van der Waals surface area contributed by atoms with E-state index in [4.69, 9.17) is 5.26 Å². The van der Waals surface area contributed by atoms with Crippen molar-refractivity contribution >= 4 is 10.0 Å². The van der Waals surface area contributed by atoms with Gasteiger partial charge in [0.15, 0.2) is 0 Å². The van der Waals surface area contributed by atoms with Crippen LogP contribution in [0.15, 0.2) is 29.2 Å². The van der Waals surface area contributed by atoms with Crippen LogP contribution in [0.3, 0.4) is 0 Å². The van der Waals surface area contributed by atoms with E-state index in [1.54, 1.807) is 12.1 Å². The molecule has 0 aromatic heterocycles. The molecule has 1 aromatic carbocycles. The first-order valence-electron chi connectivity index (χ1n) is 5.35. The third kappa shape index (κ3) is 2.82. The van der Waals surface area contributed by atoms with Gasteiger partial charge in [0.2, 0.25) is 10.0 Å². The van der Waals surface area contributed by atoms with Crippen molar-refractivity contribution in [3.63, 3.8) is 0 Å². The van der Waals surface area contributed by atoms with Crippen LogP contribution in [0, 0.1) is 11.3 Å². The summed E-state index contributed by atoms with van der Waals surface area (Å²) in [6.07, 6.45) is 0.789. The number of benzene rings is 1. The molecule has 1 aliphatic heterocycles. The van der Waals surface area contributed by atoms with Crippen molar-refractivity contribution in [1.29, 1.82) is 5.26 Å². The van der Waals surface area contributed by atoms with E-state index in [9.17, 15) is 8.42 Å². The first-order chi connectivity index (χ1) is 8.12. The molecular formula is C11H13N3O2S. The maximum absolute atomic E-state index is 12.0. The average Bonchev–Trinajstić information content (AvgIpc) is 2.81. The third-order valence-electron chi connectivity index (χ3n) is 2.66. The SMILES string of the molecule is N#Cc1cccc(S(=O)(=O)N[C@H]2CCNC2)c1. The van der Waals surface area contributed by atoms with E-state index in [0.717, 1.165) is 13.0 Å². The summed E-state index contributed by atoms with van der Waals surface area (Å²) in [4.78, 5) is 0.142. The summed E-state index contributed by atoms with van der Waals surface area (Å²) >= 11 is 0. The minimum Gasteiger partial charge on any atom is -0.315 e. The number of hydrogen-bond donors (Lipinski definition) is 2. The van der Waals surface area contributed by atoms with E-state index in [1.165, 1.54) is 12.1 Å². The summed E-state index contributed by atoms with van der Waals surface area (Å²) in [7, 11) is -3.52. The number of sulfonamides is 1. The van der Waals surface area contributed by atoms with Crippen molar-refractivity contribution < 1.29 is 8.42 Å². The number of nitrogens with zero attached hydrogens (tertiary/aromatic N) is 1. The lowest BCUT2D eigenvalue weighted by Gasteiger charge is -2.11. The summed E-state index contributed by atoms with van der Waals surface area (Å²) in [6, 6.07) is 7.88. The standard InChI is InChI=1S/C11H13N3O2S/c12-7-9-2-1-3-11(6-9)17(15,16)14-10-4-5-13-8-10/h1-3,6,10,13-14H,4-5,8H2/t10-/m0/s1. The molecule has 1 atom stereocenters. The summed E-state index contributed by atoms with van der Waals surface area (Å²) in [6.45, 7) is 1.47. The number of nitrogens with one attached hydrogen (secondary N) is 2. The highest BCUT2D eigenvalue weighted by atomic mass is 32.2. The molecule has 1 saturated heterocycles. The molecule has 1 aliphatic rings.